The van der Waals surface area contributed by atoms with E-state index in [9.17, 15) is 8.42 Å². The van der Waals surface area contributed by atoms with Crippen LogP contribution in [0, 0.1) is 5.92 Å². The van der Waals surface area contributed by atoms with Gasteiger partial charge in [-0.15, -0.1) is 0 Å². The first-order chi connectivity index (χ1) is 6.97. The van der Waals surface area contributed by atoms with Gasteiger partial charge in [0.2, 0.25) is 0 Å². The molecule has 0 bridgehead atoms. The van der Waals surface area contributed by atoms with Gasteiger partial charge in [0.15, 0.2) is 5.03 Å². The molecule has 86 valence electrons. The lowest BCUT2D eigenvalue weighted by atomic mass is 10.1. The monoisotopic (exact) mass is 233 g/mol. The Morgan fingerprint density at radius 1 is 1.60 bits per heavy atom. The van der Waals surface area contributed by atoms with Crippen molar-refractivity contribution in [1.82, 2.24) is 14.7 Å². The van der Waals surface area contributed by atoms with Crippen LogP contribution in [0.15, 0.2) is 17.6 Å². The maximum absolute atomic E-state index is 11.7. The van der Waals surface area contributed by atoms with Crippen LogP contribution in [0.25, 0.3) is 0 Å². The number of nitrogens with zero attached hydrogens (tertiary/aromatic N) is 1. The van der Waals surface area contributed by atoms with Crippen LogP contribution in [-0.4, -0.2) is 36.1 Å². The number of aromatic nitrogens is 2. The molecule has 0 saturated carbocycles. The maximum Gasteiger partial charge on any atom is 0.257 e. The zero-order valence-corrected chi connectivity index (χ0v) is 9.45. The molecular formula is C8H15N3O3S. The highest BCUT2D eigenvalue weighted by molar-refractivity contribution is 7.89. The Bertz CT molecular complexity index is 387. The second-order valence-corrected chi connectivity index (χ2v) is 5.17. The van der Waals surface area contributed by atoms with E-state index in [1.807, 2.05) is 0 Å². The first kappa shape index (κ1) is 12.2. The molecule has 1 aromatic heterocycles. The van der Waals surface area contributed by atoms with Crippen molar-refractivity contribution in [3.63, 3.8) is 0 Å². The molecule has 0 radical (unpaired) electrons. The highest BCUT2D eigenvalue weighted by Crippen LogP contribution is 2.07. The summed E-state index contributed by atoms with van der Waals surface area (Å²) in [5.41, 5.74) is 0. The second-order valence-electron chi connectivity index (χ2n) is 3.49. The molecule has 0 aromatic carbocycles. The lowest BCUT2D eigenvalue weighted by Crippen LogP contribution is -2.38. The van der Waals surface area contributed by atoms with Crippen LogP contribution in [0.3, 0.4) is 0 Å². The van der Waals surface area contributed by atoms with Crippen molar-refractivity contribution >= 4 is 10.0 Å². The van der Waals surface area contributed by atoms with Crippen LogP contribution < -0.4 is 4.72 Å². The van der Waals surface area contributed by atoms with Gasteiger partial charge in [-0.2, -0.15) is 0 Å². The molecule has 0 saturated heterocycles. The molecule has 0 amide bonds. The summed E-state index contributed by atoms with van der Waals surface area (Å²) in [4.78, 5) is 6.15. The number of aromatic amines is 1. The fourth-order valence-corrected chi connectivity index (χ4v) is 2.23. The molecule has 1 heterocycles. The smallest absolute Gasteiger partial charge is 0.257 e. The SMILES string of the molecule is CC(CO)C(C)NS(=O)(=O)c1cnc[nH]1. The average molecular weight is 233 g/mol. The summed E-state index contributed by atoms with van der Waals surface area (Å²) in [6.45, 7) is 3.40. The number of sulfonamides is 1. The van der Waals surface area contributed by atoms with E-state index in [1.54, 1.807) is 13.8 Å². The highest BCUT2D eigenvalue weighted by Gasteiger charge is 2.21. The standard InChI is InChI=1S/C8H15N3O3S/c1-6(4-12)7(2)11-15(13,14)8-3-9-5-10-8/h3,5-7,11-12H,4H2,1-2H3,(H,9,10). The van der Waals surface area contributed by atoms with Gasteiger partial charge in [0.25, 0.3) is 10.0 Å². The molecule has 0 aliphatic rings. The number of rotatable bonds is 5. The molecule has 1 aromatic rings. The third-order valence-electron chi connectivity index (χ3n) is 2.25. The van der Waals surface area contributed by atoms with Crippen molar-refractivity contribution in [3.05, 3.63) is 12.5 Å². The topological polar surface area (TPSA) is 95.1 Å². The first-order valence-electron chi connectivity index (χ1n) is 4.59. The normalized spacial score (nSPS) is 16.2. The molecule has 0 aliphatic heterocycles. The molecule has 1 rings (SSSR count). The Labute approximate surface area is 88.8 Å². The van der Waals surface area contributed by atoms with E-state index in [2.05, 4.69) is 14.7 Å². The van der Waals surface area contributed by atoms with E-state index in [-0.39, 0.29) is 23.6 Å². The predicted molar refractivity (Wildman–Crippen MR) is 54.6 cm³/mol. The quantitative estimate of drug-likeness (QED) is 0.651. The zero-order valence-electron chi connectivity index (χ0n) is 8.64. The minimum absolute atomic E-state index is 0.0273. The molecule has 0 aliphatic carbocycles. The molecule has 0 fully saturated rings. The van der Waals surface area contributed by atoms with E-state index < -0.39 is 10.0 Å². The summed E-state index contributed by atoms with van der Waals surface area (Å²) in [5, 5.41) is 8.90. The molecule has 15 heavy (non-hydrogen) atoms. The lowest BCUT2D eigenvalue weighted by molar-refractivity contribution is 0.216. The average Bonchev–Trinajstić information content (AvgIpc) is 2.69. The van der Waals surface area contributed by atoms with Gasteiger partial charge in [-0.25, -0.2) is 18.1 Å². The molecule has 2 atom stereocenters. The van der Waals surface area contributed by atoms with Crippen LogP contribution in [-0.2, 0) is 10.0 Å². The molecular weight excluding hydrogens is 218 g/mol. The van der Waals surface area contributed by atoms with Crippen LogP contribution >= 0.6 is 0 Å². The van der Waals surface area contributed by atoms with E-state index in [1.165, 1.54) is 12.5 Å². The van der Waals surface area contributed by atoms with Gasteiger partial charge in [-0.1, -0.05) is 6.92 Å². The van der Waals surface area contributed by atoms with Gasteiger partial charge in [0.1, 0.15) is 0 Å². The van der Waals surface area contributed by atoms with Crippen molar-refractivity contribution in [2.45, 2.75) is 24.9 Å². The minimum Gasteiger partial charge on any atom is -0.396 e. The lowest BCUT2D eigenvalue weighted by Gasteiger charge is -2.18. The Balaban J connectivity index is 2.74. The third-order valence-corrected chi connectivity index (χ3v) is 3.73. The number of aliphatic hydroxyl groups excluding tert-OH is 1. The van der Waals surface area contributed by atoms with Gasteiger partial charge in [-0.3, -0.25) is 0 Å². The van der Waals surface area contributed by atoms with Gasteiger partial charge in [-0.05, 0) is 12.8 Å². The van der Waals surface area contributed by atoms with E-state index in [4.69, 9.17) is 5.11 Å². The number of nitrogens with one attached hydrogen (secondary N) is 2. The van der Waals surface area contributed by atoms with E-state index in [0.29, 0.717) is 0 Å². The second kappa shape index (κ2) is 4.73. The fraction of sp³-hybridized carbons (Fsp3) is 0.625. The molecule has 7 heteroatoms. The number of hydrogen-bond acceptors (Lipinski definition) is 4. The maximum atomic E-state index is 11.7. The molecule has 2 unspecified atom stereocenters. The Morgan fingerprint density at radius 2 is 2.27 bits per heavy atom. The summed E-state index contributed by atoms with van der Waals surface area (Å²) in [5.74, 6) is -0.136. The third kappa shape index (κ3) is 3.01. The van der Waals surface area contributed by atoms with Crippen LogP contribution in [0.5, 0.6) is 0 Å². The first-order valence-corrected chi connectivity index (χ1v) is 6.07. The molecule has 0 spiro atoms. The van der Waals surface area contributed by atoms with Gasteiger partial charge in [0, 0.05) is 12.6 Å². The molecule has 3 N–H and O–H groups in total. The van der Waals surface area contributed by atoms with Gasteiger partial charge < -0.3 is 10.1 Å². The van der Waals surface area contributed by atoms with E-state index >= 15 is 0 Å². The Kier molecular flexibility index (Phi) is 3.83. The fourth-order valence-electron chi connectivity index (χ4n) is 0.973. The van der Waals surface area contributed by atoms with Crippen LogP contribution in [0.1, 0.15) is 13.8 Å². The minimum atomic E-state index is -3.55. The highest BCUT2D eigenvalue weighted by atomic mass is 32.2. The van der Waals surface area contributed by atoms with Crippen LogP contribution in [0.4, 0.5) is 0 Å². The van der Waals surface area contributed by atoms with E-state index in [0.717, 1.165) is 0 Å². The number of imidazole rings is 1. The predicted octanol–water partition coefficient (Wildman–Crippen LogP) is -0.295. The molecule has 6 nitrogen and oxygen atoms in total. The Hall–Kier alpha value is -0.920. The summed E-state index contributed by atoms with van der Waals surface area (Å²) in [6.07, 6.45) is 2.54. The summed E-state index contributed by atoms with van der Waals surface area (Å²) < 4.78 is 25.8. The van der Waals surface area contributed by atoms with Crippen molar-refractivity contribution < 1.29 is 13.5 Å². The van der Waals surface area contributed by atoms with Crippen molar-refractivity contribution in [2.75, 3.05) is 6.61 Å². The van der Waals surface area contributed by atoms with Gasteiger partial charge in [0.05, 0.1) is 12.5 Å². The van der Waals surface area contributed by atoms with Crippen molar-refractivity contribution in [1.29, 1.82) is 0 Å². The van der Waals surface area contributed by atoms with Crippen molar-refractivity contribution in [2.24, 2.45) is 5.92 Å². The Morgan fingerprint density at radius 3 is 2.73 bits per heavy atom. The zero-order chi connectivity index (χ0) is 11.5. The van der Waals surface area contributed by atoms with Crippen molar-refractivity contribution in [3.8, 4) is 0 Å². The number of hydrogen-bond donors (Lipinski definition) is 3. The van der Waals surface area contributed by atoms with Gasteiger partial charge >= 0.3 is 0 Å². The van der Waals surface area contributed by atoms with Crippen LogP contribution in [0.2, 0.25) is 0 Å². The summed E-state index contributed by atoms with van der Waals surface area (Å²) in [7, 11) is -3.55. The number of aliphatic hydroxyl groups is 1. The summed E-state index contributed by atoms with van der Waals surface area (Å²) in [6, 6.07) is -0.330. The summed E-state index contributed by atoms with van der Waals surface area (Å²) >= 11 is 0. The largest absolute Gasteiger partial charge is 0.396 e. The number of H-pyrrole nitrogens is 1.